The first-order valence-electron chi connectivity index (χ1n) is 7.83. The van der Waals surface area contributed by atoms with Crippen LogP contribution in [0.4, 0.5) is 11.4 Å². The van der Waals surface area contributed by atoms with E-state index in [1.807, 2.05) is 36.9 Å². The number of amides is 1. The molecule has 24 heavy (non-hydrogen) atoms. The molecule has 0 atom stereocenters. The first-order chi connectivity index (χ1) is 11.5. The summed E-state index contributed by atoms with van der Waals surface area (Å²) in [4.78, 5) is 25.9. The molecule has 0 heterocycles. The second kappa shape index (κ2) is 8.15. The van der Waals surface area contributed by atoms with Gasteiger partial charge >= 0.3 is 5.97 Å². The molecule has 126 valence electrons. The Kier molecular flexibility index (Phi) is 5.95. The molecule has 2 aromatic carbocycles. The highest BCUT2D eigenvalue weighted by Gasteiger charge is 2.12. The second-order valence-electron chi connectivity index (χ2n) is 5.47. The molecule has 0 unspecified atom stereocenters. The third-order valence-corrected chi connectivity index (χ3v) is 3.65. The third-order valence-electron chi connectivity index (χ3n) is 3.65. The van der Waals surface area contributed by atoms with Gasteiger partial charge in [0.2, 0.25) is 5.91 Å². The number of nitrogens with one attached hydrogen (secondary N) is 1. The van der Waals surface area contributed by atoms with E-state index < -0.39 is 5.97 Å². The molecule has 0 bridgehead atoms. The summed E-state index contributed by atoms with van der Waals surface area (Å²) in [6.07, 6.45) is 0. The number of esters is 1. The van der Waals surface area contributed by atoms with E-state index >= 15 is 0 Å². The highest BCUT2D eigenvalue weighted by atomic mass is 16.5. The van der Waals surface area contributed by atoms with Crippen molar-refractivity contribution >= 4 is 23.3 Å². The lowest BCUT2D eigenvalue weighted by atomic mass is 10.2. The van der Waals surface area contributed by atoms with Crippen molar-refractivity contribution in [1.82, 2.24) is 0 Å². The van der Waals surface area contributed by atoms with Crippen molar-refractivity contribution in [2.45, 2.75) is 13.8 Å². The van der Waals surface area contributed by atoms with E-state index in [9.17, 15) is 9.59 Å². The Hall–Kier alpha value is -2.82. The number of likely N-dealkylation sites (N-methyl/N-ethyl adjacent to an activating group) is 1. The van der Waals surface area contributed by atoms with Crippen molar-refractivity contribution < 1.29 is 14.3 Å². The third kappa shape index (κ3) is 4.59. The Bertz CT molecular complexity index is 728. The molecule has 1 amide bonds. The van der Waals surface area contributed by atoms with Gasteiger partial charge in [-0.05, 0) is 49.7 Å². The molecule has 0 aliphatic carbocycles. The fourth-order valence-corrected chi connectivity index (χ4v) is 2.43. The SMILES string of the molecule is CCN(CC(=O)Nc1cccc(C(=O)OC)c1)c1cccc(C)c1. The van der Waals surface area contributed by atoms with Crippen molar-refractivity contribution in [3.05, 3.63) is 59.7 Å². The average molecular weight is 326 g/mol. The van der Waals surface area contributed by atoms with Gasteiger partial charge in [-0.3, -0.25) is 4.79 Å². The monoisotopic (exact) mass is 326 g/mol. The highest BCUT2D eigenvalue weighted by Crippen LogP contribution is 2.16. The molecule has 2 aromatic rings. The van der Waals surface area contributed by atoms with E-state index in [1.54, 1.807) is 24.3 Å². The summed E-state index contributed by atoms with van der Waals surface area (Å²) in [5.41, 5.74) is 3.14. The van der Waals surface area contributed by atoms with E-state index in [-0.39, 0.29) is 12.5 Å². The van der Waals surface area contributed by atoms with Crippen LogP contribution in [0.5, 0.6) is 0 Å². The minimum Gasteiger partial charge on any atom is -0.465 e. The summed E-state index contributed by atoms with van der Waals surface area (Å²) in [6.45, 7) is 4.99. The molecule has 0 aliphatic rings. The number of hydrogen-bond donors (Lipinski definition) is 1. The average Bonchev–Trinajstić information content (AvgIpc) is 2.59. The van der Waals surface area contributed by atoms with Gasteiger partial charge in [0.15, 0.2) is 0 Å². The van der Waals surface area contributed by atoms with Crippen LogP contribution < -0.4 is 10.2 Å². The van der Waals surface area contributed by atoms with E-state index in [0.717, 1.165) is 17.8 Å². The predicted molar refractivity (Wildman–Crippen MR) is 95.5 cm³/mol. The van der Waals surface area contributed by atoms with Crippen molar-refractivity contribution in [2.24, 2.45) is 0 Å². The minimum absolute atomic E-state index is 0.139. The molecule has 0 saturated heterocycles. The summed E-state index contributed by atoms with van der Waals surface area (Å²) < 4.78 is 4.69. The first kappa shape index (κ1) is 17.5. The Morgan fingerprint density at radius 2 is 1.88 bits per heavy atom. The lowest BCUT2D eigenvalue weighted by Crippen LogP contribution is -2.33. The van der Waals surface area contributed by atoms with E-state index in [4.69, 9.17) is 0 Å². The van der Waals surface area contributed by atoms with Crippen LogP contribution in [-0.2, 0) is 9.53 Å². The van der Waals surface area contributed by atoms with E-state index in [1.165, 1.54) is 7.11 Å². The lowest BCUT2D eigenvalue weighted by Gasteiger charge is -2.23. The molecule has 2 rings (SSSR count). The van der Waals surface area contributed by atoms with Crippen LogP contribution in [0.15, 0.2) is 48.5 Å². The number of carbonyl (C=O) groups is 2. The number of hydrogen-bond acceptors (Lipinski definition) is 4. The van der Waals surface area contributed by atoms with Crippen LogP contribution in [0.1, 0.15) is 22.8 Å². The molecule has 0 fully saturated rings. The highest BCUT2D eigenvalue weighted by molar-refractivity contribution is 5.96. The van der Waals surface area contributed by atoms with E-state index in [2.05, 4.69) is 16.1 Å². The summed E-state index contributed by atoms with van der Waals surface area (Å²) >= 11 is 0. The van der Waals surface area contributed by atoms with Crippen LogP contribution >= 0.6 is 0 Å². The molecule has 0 spiro atoms. The Morgan fingerprint density at radius 3 is 2.54 bits per heavy atom. The quantitative estimate of drug-likeness (QED) is 0.828. The summed E-state index contributed by atoms with van der Waals surface area (Å²) in [5.74, 6) is -0.568. The number of aryl methyl sites for hydroxylation is 1. The summed E-state index contributed by atoms with van der Waals surface area (Å²) in [7, 11) is 1.33. The number of carbonyl (C=O) groups excluding carboxylic acids is 2. The summed E-state index contributed by atoms with van der Waals surface area (Å²) in [6, 6.07) is 14.7. The molecule has 0 aliphatic heterocycles. The smallest absolute Gasteiger partial charge is 0.337 e. The summed E-state index contributed by atoms with van der Waals surface area (Å²) in [5, 5.41) is 2.82. The molecule has 0 radical (unpaired) electrons. The zero-order valence-corrected chi connectivity index (χ0v) is 14.2. The van der Waals surface area contributed by atoms with Gasteiger partial charge in [0.1, 0.15) is 0 Å². The van der Waals surface area contributed by atoms with Gasteiger partial charge in [0, 0.05) is 17.9 Å². The minimum atomic E-state index is -0.430. The van der Waals surface area contributed by atoms with E-state index in [0.29, 0.717) is 11.3 Å². The Morgan fingerprint density at radius 1 is 1.12 bits per heavy atom. The maximum Gasteiger partial charge on any atom is 0.337 e. The number of rotatable bonds is 6. The molecule has 5 nitrogen and oxygen atoms in total. The van der Waals surface area contributed by atoms with Gasteiger partial charge in [0.05, 0.1) is 19.2 Å². The Balaban J connectivity index is 2.05. The maximum atomic E-state index is 12.3. The van der Waals surface area contributed by atoms with Gasteiger partial charge < -0.3 is 15.0 Å². The topological polar surface area (TPSA) is 58.6 Å². The maximum absolute atomic E-state index is 12.3. The molecular weight excluding hydrogens is 304 g/mol. The molecular formula is C19H22N2O3. The fraction of sp³-hybridized carbons (Fsp3) is 0.263. The van der Waals surface area contributed by atoms with Crippen molar-refractivity contribution in [1.29, 1.82) is 0 Å². The molecule has 0 aromatic heterocycles. The first-order valence-corrected chi connectivity index (χ1v) is 7.83. The van der Waals surface area contributed by atoms with Crippen LogP contribution in [0, 0.1) is 6.92 Å². The largest absolute Gasteiger partial charge is 0.465 e. The van der Waals surface area contributed by atoms with Crippen LogP contribution in [0.3, 0.4) is 0 Å². The second-order valence-corrected chi connectivity index (χ2v) is 5.47. The van der Waals surface area contributed by atoms with Gasteiger partial charge in [-0.25, -0.2) is 4.79 Å². The van der Waals surface area contributed by atoms with Gasteiger partial charge in [-0.15, -0.1) is 0 Å². The molecule has 5 heteroatoms. The van der Waals surface area contributed by atoms with Crippen molar-refractivity contribution in [2.75, 3.05) is 30.4 Å². The Labute approximate surface area is 142 Å². The standard InChI is InChI=1S/C19H22N2O3/c1-4-21(17-10-5-7-14(2)11-17)13-18(22)20-16-9-6-8-15(12-16)19(23)24-3/h5-12H,4,13H2,1-3H3,(H,20,22). The van der Waals surface area contributed by atoms with Crippen LogP contribution in [-0.4, -0.2) is 32.1 Å². The van der Waals surface area contributed by atoms with Crippen LogP contribution in [0.25, 0.3) is 0 Å². The number of nitrogens with zero attached hydrogens (tertiary/aromatic N) is 1. The normalized spacial score (nSPS) is 10.1. The molecule has 1 N–H and O–H groups in total. The van der Waals surface area contributed by atoms with Gasteiger partial charge in [-0.2, -0.15) is 0 Å². The van der Waals surface area contributed by atoms with Crippen LogP contribution in [0.2, 0.25) is 0 Å². The number of benzene rings is 2. The van der Waals surface area contributed by atoms with Crippen molar-refractivity contribution in [3.8, 4) is 0 Å². The van der Waals surface area contributed by atoms with Gasteiger partial charge in [0.25, 0.3) is 0 Å². The zero-order valence-electron chi connectivity index (χ0n) is 14.2. The van der Waals surface area contributed by atoms with Gasteiger partial charge in [-0.1, -0.05) is 18.2 Å². The zero-order chi connectivity index (χ0) is 17.5. The molecule has 0 saturated carbocycles. The number of methoxy groups -OCH3 is 1. The fourth-order valence-electron chi connectivity index (χ4n) is 2.43. The van der Waals surface area contributed by atoms with Crippen molar-refractivity contribution in [3.63, 3.8) is 0 Å². The number of ether oxygens (including phenoxy) is 1. The number of anilines is 2. The predicted octanol–water partition coefficient (Wildman–Crippen LogP) is 3.25. The lowest BCUT2D eigenvalue weighted by molar-refractivity contribution is -0.115.